The predicted octanol–water partition coefficient (Wildman–Crippen LogP) is 6.30. The number of rotatable bonds is 7. The number of allylic oxidation sites excluding steroid dienone is 2. The van der Waals surface area contributed by atoms with Gasteiger partial charge >= 0.3 is 5.69 Å². The zero-order valence-corrected chi connectivity index (χ0v) is 16.3. The van der Waals surface area contributed by atoms with Crippen molar-refractivity contribution in [1.29, 1.82) is 0 Å². The van der Waals surface area contributed by atoms with Crippen molar-refractivity contribution in [2.24, 2.45) is 5.92 Å². The average molecular weight is 384 g/mol. The number of non-ortho nitro benzene ring substituents is 1. The van der Waals surface area contributed by atoms with E-state index in [2.05, 4.69) is 20.1 Å². The molecule has 0 spiro atoms. The Kier molecular flexibility index (Phi) is 8.55. The summed E-state index contributed by atoms with van der Waals surface area (Å²) in [6, 6.07) is 8.70. The third-order valence-electron chi connectivity index (χ3n) is 3.84. The molecule has 0 saturated heterocycles. The Morgan fingerprint density at radius 1 is 1.04 bits per heavy atom. The fourth-order valence-electron chi connectivity index (χ4n) is 2.24. The minimum atomic E-state index is -0.703. The number of hydrogen-bond donors (Lipinski definition) is 0. The van der Waals surface area contributed by atoms with Crippen molar-refractivity contribution in [3.05, 3.63) is 93.1 Å². The summed E-state index contributed by atoms with van der Waals surface area (Å²) < 4.78 is 5.53. The average Bonchev–Trinajstić information content (AvgIpc) is 2.64. The molecule has 0 aliphatic rings. The Morgan fingerprint density at radius 2 is 1.68 bits per heavy atom. The van der Waals surface area contributed by atoms with E-state index in [0.29, 0.717) is 11.7 Å². The Bertz CT molecular complexity index is 877. The van der Waals surface area contributed by atoms with Crippen LogP contribution < -0.4 is 4.74 Å². The zero-order chi connectivity index (χ0) is 21.3. The molecule has 1 atom stereocenters. The summed E-state index contributed by atoms with van der Waals surface area (Å²) in [5, 5.41) is 21.7. The van der Waals surface area contributed by atoms with Crippen LogP contribution in [0.4, 0.5) is 11.4 Å². The zero-order valence-electron chi connectivity index (χ0n) is 16.3. The van der Waals surface area contributed by atoms with Crippen LogP contribution in [0.25, 0.3) is 0 Å². The standard InChI is InChI=1S/C14H12N2O5.C7H12/c1-9-3-5-13(10(2)7-9)21-14-6-4-11(15(17)18)8-12(14)16(19)20;1-4-6-7(3)5-2/h3-8H,1-2H3;4-5,7H,1-2,6H2,3H3. The van der Waals surface area contributed by atoms with Gasteiger partial charge in [-0.05, 0) is 43.9 Å². The highest BCUT2D eigenvalue weighted by Gasteiger charge is 2.21. The third-order valence-corrected chi connectivity index (χ3v) is 3.84. The first-order chi connectivity index (χ1) is 13.2. The second-order valence-electron chi connectivity index (χ2n) is 6.27. The fourth-order valence-corrected chi connectivity index (χ4v) is 2.24. The monoisotopic (exact) mass is 384 g/mol. The molecule has 0 aromatic heterocycles. The molecule has 28 heavy (non-hydrogen) atoms. The number of ether oxygens (including phenoxy) is 1. The normalized spacial score (nSPS) is 10.8. The number of aryl methyl sites for hydroxylation is 2. The van der Waals surface area contributed by atoms with Crippen LogP contribution in [0.2, 0.25) is 0 Å². The molecule has 0 aliphatic carbocycles. The van der Waals surface area contributed by atoms with E-state index in [1.54, 1.807) is 6.07 Å². The van der Waals surface area contributed by atoms with Crippen LogP contribution in [0.3, 0.4) is 0 Å². The summed E-state index contributed by atoms with van der Waals surface area (Å²) in [7, 11) is 0. The van der Waals surface area contributed by atoms with E-state index < -0.39 is 15.5 Å². The van der Waals surface area contributed by atoms with E-state index >= 15 is 0 Å². The van der Waals surface area contributed by atoms with Gasteiger partial charge in [-0.1, -0.05) is 36.8 Å². The van der Waals surface area contributed by atoms with Crippen molar-refractivity contribution >= 4 is 11.4 Å². The first-order valence-corrected chi connectivity index (χ1v) is 8.61. The first-order valence-electron chi connectivity index (χ1n) is 8.61. The molecular weight excluding hydrogens is 360 g/mol. The van der Waals surface area contributed by atoms with Gasteiger partial charge in [0.25, 0.3) is 5.69 Å². The number of benzene rings is 2. The van der Waals surface area contributed by atoms with Gasteiger partial charge in [-0.25, -0.2) is 0 Å². The second kappa shape index (κ2) is 10.6. The maximum atomic E-state index is 11.0. The van der Waals surface area contributed by atoms with Gasteiger partial charge in [0.15, 0.2) is 0 Å². The highest BCUT2D eigenvalue weighted by molar-refractivity contribution is 5.55. The number of nitro groups is 2. The Morgan fingerprint density at radius 3 is 2.14 bits per heavy atom. The number of hydrogen-bond acceptors (Lipinski definition) is 5. The summed E-state index contributed by atoms with van der Waals surface area (Å²) >= 11 is 0. The van der Waals surface area contributed by atoms with Gasteiger partial charge in [-0.15, -0.1) is 13.2 Å². The summed E-state index contributed by atoms with van der Waals surface area (Å²) in [6.45, 7) is 13.1. The molecule has 0 heterocycles. The maximum absolute atomic E-state index is 11.0. The van der Waals surface area contributed by atoms with Crippen molar-refractivity contribution in [3.63, 3.8) is 0 Å². The first kappa shape index (κ1) is 22.6. The maximum Gasteiger partial charge on any atom is 0.318 e. The Hall–Kier alpha value is -3.48. The molecule has 2 rings (SSSR count). The smallest absolute Gasteiger partial charge is 0.318 e. The molecule has 0 aliphatic heterocycles. The van der Waals surface area contributed by atoms with Crippen LogP contribution in [0.5, 0.6) is 11.5 Å². The Balaban J connectivity index is 0.000000480. The quantitative estimate of drug-likeness (QED) is 0.317. The van der Waals surface area contributed by atoms with Crippen LogP contribution in [-0.4, -0.2) is 9.85 Å². The SMILES string of the molecule is C=CCC(C)C=C.Cc1ccc(Oc2ccc([N+](=O)[O-])cc2[N+](=O)[O-])c(C)c1. The lowest BCUT2D eigenvalue weighted by atomic mass is 10.1. The van der Waals surface area contributed by atoms with Gasteiger partial charge in [-0.3, -0.25) is 20.2 Å². The minimum absolute atomic E-state index is 0.0300. The summed E-state index contributed by atoms with van der Waals surface area (Å²) in [6.07, 6.45) is 4.89. The van der Waals surface area contributed by atoms with Crippen LogP contribution in [0, 0.1) is 40.0 Å². The van der Waals surface area contributed by atoms with E-state index in [1.165, 1.54) is 12.1 Å². The molecule has 148 valence electrons. The molecule has 2 aromatic rings. The van der Waals surface area contributed by atoms with Gasteiger partial charge in [0.05, 0.1) is 15.9 Å². The summed E-state index contributed by atoms with van der Waals surface area (Å²) in [5.41, 5.74) is 1.07. The van der Waals surface area contributed by atoms with Gasteiger partial charge in [-0.2, -0.15) is 0 Å². The van der Waals surface area contributed by atoms with E-state index in [9.17, 15) is 20.2 Å². The lowest BCUT2D eigenvalue weighted by Crippen LogP contribution is -1.97. The molecule has 0 saturated carbocycles. The van der Waals surface area contributed by atoms with Crippen LogP contribution in [0.1, 0.15) is 24.5 Å². The van der Waals surface area contributed by atoms with Crippen molar-refractivity contribution < 1.29 is 14.6 Å². The molecule has 0 N–H and O–H groups in total. The van der Waals surface area contributed by atoms with E-state index in [1.807, 2.05) is 38.1 Å². The predicted molar refractivity (Wildman–Crippen MR) is 110 cm³/mol. The lowest BCUT2D eigenvalue weighted by molar-refractivity contribution is -0.394. The minimum Gasteiger partial charge on any atom is -0.450 e. The van der Waals surface area contributed by atoms with Gasteiger partial charge in [0.1, 0.15) is 5.75 Å². The molecule has 0 radical (unpaired) electrons. The molecule has 0 bridgehead atoms. The molecule has 0 fully saturated rings. The van der Waals surface area contributed by atoms with E-state index in [4.69, 9.17) is 4.74 Å². The molecule has 1 unspecified atom stereocenters. The fraction of sp³-hybridized carbons (Fsp3) is 0.238. The van der Waals surface area contributed by atoms with Crippen molar-refractivity contribution in [2.75, 3.05) is 0 Å². The van der Waals surface area contributed by atoms with Gasteiger partial charge in [0, 0.05) is 6.07 Å². The molecular formula is C21H24N2O5. The van der Waals surface area contributed by atoms with Gasteiger partial charge in [0.2, 0.25) is 5.75 Å². The molecule has 7 nitrogen and oxygen atoms in total. The van der Waals surface area contributed by atoms with Crippen LogP contribution in [-0.2, 0) is 0 Å². The molecule has 7 heteroatoms. The van der Waals surface area contributed by atoms with E-state index in [-0.39, 0.29) is 11.4 Å². The van der Waals surface area contributed by atoms with Crippen molar-refractivity contribution in [3.8, 4) is 11.5 Å². The van der Waals surface area contributed by atoms with Crippen LogP contribution >= 0.6 is 0 Å². The topological polar surface area (TPSA) is 95.5 Å². The molecule has 2 aromatic carbocycles. The highest BCUT2D eigenvalue weighted by Crippen LogP contribution is 2.35. The number of nitrogens with zero attached hydrogens (tertiary/aromatic N) is 2. The van der Waals surface area contributed by atoms with Crippen molar-refractivity contribution in [1.82, 2.24) is 0 Å². The van der Waals surface area contributed by atoms with Gasteiger partial charge < -0.3 is 4.74 Å². The second-order valence-corrected chi connectivity index (χ2v) is 6.27. The third kappa shape index (κ3) is 6.68. The van der Waals surface area contributed by atoms with Crippen molar-refractivity contribution in [2.45, 2.75) is 27.2 Å². The highest BCUT2D eigenvalue weighted by atomic mass is 16.6. The van der Waals surface area contributed by atoms with Crippen LogP contribution in [0.15, 0.2) is 61.7 Å². The Labute approximate surface area is 164 Å². The summed E-state index contributed by atoms with van der Waals surface area (Å²) in [4.78, 5) is 20.3. The lowest BCUT2D eigenvalue weighted by Gasteiger charge is -2.09. The molecule has 0 amide bonds. The summed E-state index contributed by atoms with van der Waals surface area (Å²) in [5.74, 6) is 1.03. The number of nitro benzene ring substituents is 2. The largest absolute Gasteiger partial charge is 0.450 e. The van der Waals surface area contributed by atoms with E-state index in [0.717, 1.165) is 23.6 Å².